The maximum Gasteiger partial charge on any atom is 0.269 e. The van der Waals surface area contributed by atoms with Crippen LogP contribution in [0.3, 0.4) is 0 Å². The van der Waals surface area contributed by atoms with Gasteiger partial charge in [-0.3, -0.25) is 14.9 Å². The maximum atomic E-state index is 12.3. The fourth-order valence-electron chi connectivity index (χ4n) is 1.81. The number of nitro benzene ring substituents is 1. The third-order valence-electron chi connectivity index (χ3n) is 2.89. The minimum Gasteiger partial charge on any atom is -0.458 e. The van der Waals surface area contributed by atoms with Gasteiger partial charge in [0, 0.05) is 12.1 Å². The average molecular weight is 417 g/mol. The minimum atomic E-state index is -0.593. The molecule has 0 aliphatic carbocycles. The monoisotopic (exact) mass is 415 g/mol. The maximum absolute atomic E-state index is 12.3. The van der Waals surface area contributed by atoms with Crippen LogP contribution in [0.4, 0.5) is 5.69 Å². The number of carbonyl (C=O) groups excluding carboxylic acids is 1. The first-order valence-corrected chi connectivity index (χ1v) is 7.86. The molecule has 0 aliphatic heterocycles. The second kappa shape index (κ2) is 6.53. The van der Waals surface area contributed by atoms with Crippen LogP contribution in [0.2, 0.25) is 0 Å². The van der Waals surface area contributed by atoms with Crippen molar-refractivity contribution in [2.45, 2.75) is 16.6 Å². The fraction of sp³-hybridized carbons (Fsp3) is 0.214. The molecule has 1 aromatic carbocycles. The smallest absolute Gasteiger partial charge is 0.269 e. The molecule has 0 saturated carbocycles. The van der Waals surface area contributed by atoms with E-state index in [1.807, 2.05) is 0 Å². The summed E-state index contributed by atoms with van der Waals surface area (Å²) < 4.78 is 5.31. The Balaban J connectivity index is 2.22. The second-order valence-corrected chi connectivity index (χ2v) is 6.40. The number of halogens is 2. The summed E-state index contributed by atoms with van der Waals surface area (Å²) in [6, 6.07) is 9.48. The molecule has 2 unspecified atom stereocenters. The number of Topliss-reactive ketones (excluding diaryl/α,β-unsaturated/α-hetero) is 1. The Kier molecular flexibility index (Phi) is 4.95. The third kappa shape index (κ3) is 3.59. The summed E-state index contributed by atoms with van der Waals surface area (Å²) in [5, 5.41) is 10.8. The zero-order valence-corrected chi connectivity index (χ0v) is 14.1. The zero-order chi connectivity index (χ0) is 15.6. The lowest BCUT2D eigenvalue weighted by Crippen LogP contribution is -2.18. The van der Waals surface area contributed by atoms with E-state index in [2.05, 4.69) is 31.9 Å². The molecule has 0 bridgehead atoms. The molecule has 0 radical (unpaired) electrons. The van der Waals surface area contributed by atoms with Crippen molar-refractivity contribution in [2.75, 3.05) is 0 Å². The Morgan fingerprint density at radius 2 is 2.00 bits per heavy atom. The number of nitro groups is 1. The van der Waals surface area contributed by atoms with Crippen LogP contribution in [-0.2, 0) is 0 Å². The Labute approximate surface area is 137 Å². The highest BCUT2D eigenvalue weighted by molar-refractivity contribution is 9.12. The number of aryl methyl sites for hydroxylation is 1. The van der Waals surface area contributed by atoms with Crippen LogP contribution in [0.1, 0.15) is 26.7 Å². The molecule has 7 heteroatoms. The van der Waals surface area contributed by atoms with Crippen LogP contribution in [0.5, 0.6) is 0 Å². The first kappa shape index (κ1) is 15.9. The van der Waals surface area contributed by atoms with E-state index in [9.17, 15) is 14.9 Å². The van der Waals surface area contributed by atoms with Gasteiger partial charge in [0.2, 0.25) is 5.78 Å². The van der Waals surface area contributed by atoms with E-state index in [1.54, 1.807) is 31.2 Å². The lowest BCUT2D eigenvalue weighted by molar-refractivity contribution is -0.384. The molecule has 110 valence electrons. The van der Waals surface area contributed by atoms with Crippen LogP contribution < -0.4 is 0 Å². The lowest BCUT2D eigenvalue weighted by atomic mass is 10.1. The summed E-state index contributed by atoms with van der Waals surface area (Å²) in [7, 11) is 0. The molecule has 0 amide bonds. The van der Waals surface area contributed by atoms with Gasteiger partial charge in [0.15, 0.2) is 5.76 Å². The highest BCUT2D eigenvalue weighted by atomic mass is 79.9. The summed E-state index contributed by atoms with van der Waals surface area (Å²) in [5.41, 5.74) is 0.626. The van der Waals surface area contributed by atoms with Gasteiger partial charge in [-0.05, 0) is 24.6 Å². The largest absolute Gasteiger partial charge is 0.458 e. The Morgan fingerprint density at radius 1 is 1.29 bits per heavy atom. The van der Waals surface area contributed by atoms with Crippen molar-refractivity contribution < 1.29 is 14.1 Å². The van der Waals surface area contributed by atoms with E-state index in [4.69, 9.17) is 4.42 Å². The van der Waals surface area contributed by atoms with E-state index in [1.165, 1.54) is 12.1 Å². The molecule has 0 saturated heterocycles. The molecule has 0 spiro atoms. The molecule has 0 aliphatic rings. The molecule has 2 rings (SSSR count). The van der Waals surface area contributed by atoms with Crippen molar-refractivity contribution >= 4 is 43.3 Å². The third-order valence-corrected chi connectivity index (χ3v) is 5.60. The van der Waals surface area contributed by atoms with E-state index in [-0.39, 0.29) is 17.2 Å². The van der Waals surface area contributed by atoms with Gasteiger partial charge < -0.3 is 4.42 Å². The van der Waals surface area contributed by atoms with Gasteiger partial charge in [-0.1, -0.05) is 44.0 Å². The summed E-state index contributed by atoms with van der Waals surface area (Å²) in [6.07, 6.45) is 0. The topological polar surface area (TPSA) is 73.3 Å². The Hall–Kier alpha value is -1.47. The molecule has 1 heterocycles. The van der Waals surface area contributed by atoms with Crippen molar-refractivity contribution in [3.05, 3.63) is 63.6 Å². The van der Waals surface area contributed by atoms with Gasteiger partial charge in [0.05, 0.1) is 14.6 Å². The van der Waals surface area contributed by atoms with Crippen molar-refractivity contribution in [1.82, 2.24) is 0 Å². The van der Waals surface area contributed by atoms with Gasteiger partial charge >= 0.3 is 0 Å². The van der Waals surface area contributed by atoms with Gasteiger partial charge in [0.25, 0.3) is 5.69 Å². The highest BCUT2D eigenvalue weighted by Gasteiger charge is 2.28. The molecule has 5 nitrogen and oxygen atoms in total. The number of nitrogens with zero attached hydrogens (tertiary/aromatic N) is 1. The van der Waals surface area contributed by atoms with Crippen LogP contribution in [-0.4, -0.2) is 15.5 Å². The summed E-state index contributed by atoms with van der Waals surface area (Å²) in [4.78, 5) is 21.6. The first-order valence-electron chi connectivity index (χ1n) is 6.03. The van der Waals surface area contributed by atoms with Crippen LogP contribution in [0.25, 0.3) is 0 Å². The van der Waals surface area contributed by atoms with Crippen molar-refractivity contribution in [2.24, 2.45) is 0 Å². The number of benzene rings is 1. The number of alkyl halides is 2. The van der Waals surface area contributed by atoms with Crippen LogP contribution in [0, 0.1) is 17.0 Å². The number of furan rings is 1. The standard InChI is InChI=1S/C14H11Br2NO4/c1-8-5-6-11(21-8)14(18)13(16)12(15)9-3-2-4-10(7-9)17(19)20/h2-7,12-13H,1H3. The van der Waals surface area contributed by atoms with E-state index < -0.39 is 14.6 Å². The number of non-ortho nitro benzene ring substituents is 1. The SMILES string of the molecule is Cc1ccc(C(=O)C(Br)C(Br)c2cccc([N+](=O)[O-])c2)o1. The Bertz CT molecular complexity index is 683. The number of ketones is 1. The van der Waals surface area contributed by atoms with Gasteiger partial charge in [0.1, 0.15) is 5.76 Å². The quantitative estimate of drug-likeness (QED) is 0.309. The second-order valence-electron chi connectivity index (χ2n) is 4.43. The van der Waals surface area contributed by atoms with E-state index in [0.29, 0.717) is 11.3 Å². The number of hydrogen-bond acceptors (Lipinski definition) is 4. The molecule has 0 N–H and O–H groups in total. The molecule has 2 atom stereocenters. The number of carbonyl (C=O) groups is 1. The fourth-order valence-corrected chi connectivity index (χ4v) is 2.87. The van der Waals surface area contributed by atoms with E-state index in [0.717, 1.165) is 0 Å². The van der Waals surface area contributed by atoms with Crippen molar-refractivity contribution in [3.8, 4) is 0 Å². The molecular formula is C14H11Br2NO4. The molecule has 0 fully saturated rings. The summed E-state index contributed by atoms with van der Waals surface area (Å²) in [5.74, 6) is 0.681. The lowest BCUT2D eigenvalue weighted by Gasteiger charge is -2.15. The summed E-state index contributed by atoms with van der Waals surface area (Å²) in [6.45, 7) is 1.76. The average Bonchev–Trinajstić information content (AvgIpc) is 2.91. The normalized spacial score (nSPS) is 13.7. The van der Waals surface area contributed by atoms with E-state index >= 15 is 0 Å². The van der Waals surface area contributed by atoms with Gasteiger partial charge in [-0.15, -0.1) is 0 Å². The number of rotatable bonds is 5. The van der Waals surface area contributed by atoms with Gasteiger partial charge in [-0.2, -0.15) is 0 Å². The zero-order valence-electron chi connectivity index (χ0n) is 11.0. The van der Waals surface area contributed by atoms with Crippen LogP contribution >= 0.6 is 31.9 Å². The first-order chi connectivity index (χ1) is 9.90. The predicted octanol–water partition coefficient (Wildman–Crippen LogP) is 4.58. The van der Waals surface area contributed by atoms with Crippen LogP contribution in [0.15, 0.2) is 40.8 Å². The molecule has 2 aromatic rings. The molecule has 21 heavy (non-hydrogen) atoms. The molecule has 1 aromatic heterocycles. The van der Waals surface area contributed by atoms with Crippen molar-refractivity contribution in [1.29, 1.82) is 0 Å². The number of hydrogen-bond donors (Lipinski definition) is 0. The predicted molar refractivity (Wildman–Crippen MR) is 85.3 cm³/mol. The van der Waals surface area contributed by atoms with Gasteiger partial charge in [-0.25, -0.2) is 0 Å². The van der Waals surface area contributed by atoms with Crippen molar-refractivity contribution in [3.63, 3.8) is 0 Å². The Morgan fingerprint density at radius 3 is 2.57 bits per heavy atom. The highest BCUT2D eigenvalue weighted by Crippen LogP contribution is 2.34. The minimum absolute atomic E-state index is 0.0158. The summed E-state index contributed by atoms with van der Waals surface area (Å²) >= 11 is 6.73. The molecular weight excluding hydrogens is 406 g/mol.